The minimum atomic E-state index is -0.598. The summed E-state index contributed by atoms with van der Waals surface area (Å²) >= 11 is 3.01. The van der Waals surface area contributed by atoms with Gasteiger partial charge in [-0.3, -0.25) is 0 Å². The van der Waals surface area contributed by atoms with Gasteiger partial charge in [0.05, 0.1) is 29.4 Å². The molecule has 0 radical (unpaired) electrons. The number of rotatable bonds is 3. The molecule has 0 N–H and O–H groups in total. The molecule has 0 amide bonds. The van der Waals surface area contributed by atoms with Crippen LogP contribution in [0.4, 0.5) is 8.78 Å². The van der Waals surface area contributed by atoms with Gasteiger partial charge in [0.25, 0.3) is 0 Å². The number of halogens is 3. The molecule has 1 aliphatic rings. The summed E-state index contributed by atoms with van der Waals surface area (Å²) in [5.41, 5.74) is -0.0405. The summed E-state index contributed by atoms with van der Waals surface area (Å²) in [5.74, 6) is -1.18. The Morgan fingerprint density at radius 2 is 2.25 bits per heavy atom. The van der Waals surface area contributed by atoms with Crippen LogP contribution in [0.1, 0.15) is 12.0 Å². The predicted octanol–water partition coefficient (Wildman–Crippen LogP) is 3.03. The molecule has 2 nitrogen and oxygen atoms in total. The van der Waals surface area contributed by atoms with Crippen LogP contribution >= 0.6 is 15.9 Å². The van der Waals surface area contributed by atoms with Gasteiger partial charge in [0, 0.05) is 6.61 Å². The first-order valence-electron chi connectivity index (χ1n) is 5.00. The lowest BCUT2D eigenvalue weighted by Crippen LogP contribution is -2.13. The van der Waals surface area contributed by atoms with Crippen molar-refractivity contribution in [1.29, 1.82) is 0 Å². The molecular weight excluding hydrogens is 282 g/mol. The monoisotopic (exact) mass is 292 g/mol. The summed E-state index contributed by atoms with van der Waals surface area (Å²) in [5, 5.41) is 0. The van der Waals surface area contributed by atoms with E-state index < -0.39 is 11.6 Å². The number of benzene rings is 1. The summed E-state index contributed by atoms with van der Waals surface area (Å²) < 4.78 is 37.6. The van der Waals surface area contributed by atoms with Gasteiger partial charge >= 0.3 is 0 Å². The van der Waals surface area contributed by atoms with Crippen molar-refractivity contribution in [2.45, 2.75) is 19.1 Å². The van der Waals surface area contributed by atoms with Crippen LogP contribution in [0.2, 0.25) is 0 Å². The lowest BCUT2D eigenvalue weighted by molar-refractivity contribution is 0.0290. The molecular formula is C11H11BrF2O2. The van der Waals surface area contributed by atoms with Gasteiger partial charge in [0.2, 0.25) is 0 Å². The van der Waals surface area contributed by atoms with E-state index in [2.05, 4.69) is 15.9 Å². The fourth-order valence-corrected chi connectivity index (χ4v) is 1.92. The van der Waals surface area contributed by atoms with Gasteiger partial charge in [0.15, 0.2) is 0 Å². The van der Waals surface area contributed by atoms with E-state index in [1.165, 1.54) is 12.1 Å². The molecule has 0 aliphatic carbocycles. The fourth-order valence-electron chi connectivity index (χ4n) is 1.55. The van der Waals surface area contributed by atoms with Gasteiger partial charge in [-0.25, -0.2) is 8.78 Å². The van der Waals surface area contributed by atoms with Crippen molar-refractivity contribution >= 4 is 15.9 Å². The summed E-state index contributed by atoms with van der Waals surface area (Å²) in [4.78, 5) is 0. The van der Waals surface area contributed by atoms with Gasteiger partial charge < -0.3 is 9.47 Å². The molecule has 1 fully saturated rings. The smallest absolute Gasteiger partial charge is 0.145 e. The van der Waals surface area contributed by atoms with Crippen LogP contribution < -0.4 is 0 Å². The van der Waals surface area contributed by atoms with E-state index in [0.29, 0.717) is 13.2 Å². The summed E-state index contributed by atoms with van der Waals surface area (Å²) in [6.45, 7) is 1.08. The summed E-state index contributed by atoms with van der Waals surface area (Å²) in [6, 6.07) is 2.56. The van der Waals surface area contributed by atoms with Crippen LogP contribution in [-0.4, -0.2) is 19.3 Å². The van der Waals surface area contributed by atoms with E-state index in [0.717, 1.165) is 6.42 Å². The zero-order valence-electron chi connectivity index (χ0n) is 8.51. The molecule has 88 valence electrons. The Hall–Kier alpha value is -0.520. The first-order valence-corrected chi connectivity index (χ1v) is 5.79. The van der Waals surface area contributed by atoms with Crippen molar-refractivity contribution in [2.24, 2.45) is 0 Å². The molecule has 0 spiro atoms. The lowest BCUT2D eigenvalue weighted by Gasteiger charge is -2.11. The second kappa shape index (κ2) is 5.21. The number of ether oxygens (including phenoxy) is 2. The molecule has 1 unspecified atom stereocenters. The second-order valence-corrected chi connectivity index (χ2v) is 4.47. The maximum atomic E-state index is 13.5. The van der Waals surface area contributed by atoms with Crippen molar-refractivity contribution in [3.8, 4) is 0 Å². The van der Waals surface area contributed by atoms with Gasteiger partial charge in [-0.1, -0.05) is 0 Å². The van der Waals surface area contributed by atoms with Gasteiger partial charge in [-0.15, -0.1) is 0 Å². The first-order chi connectivity index (χ1) is 7.68. The molecule has 16 heavy (non-hydrogen) atoms. The van der Waals surface area contributed by atoms with Crippen LogP contribution in [-0.2, 0) is 16.1 Å². The zero-order chi connectivity index (χ0) is 11.5. The molecule has 1 heterocycles. The lowest BCUT2D eigenvalue weighted by atomic mass is 10.2. The van der Waals surface area contributed by atoms with Crippen LogP contribution in [0.15, 0.2) is 16.6 Å². The van der Waals surface area contributed by atoms with E-state index >= 15 is 0 Å². The maximum Gasteiger partial charge on any atom is 0.145 e. The van der Waals surface area contributed by atoms with E-state index in [9.17, 15) is 8.78 Å². The largest absolute Gasteiger partial charge is 0.379 e. The minimum Gasteiger partial charge on any atom is -0.379 e. The van der Waals surface area contributed by atoms with E-state index in [1.807, 2.05) is 0 Å². The summed E-state index contributed by atoms with van der Waals surface area (Å²) in [6.07, 6.45) is 0.717. The Labute approximate surface area is 101 Å². The third kappa shape index (κ3) is 2.59. The van der Waals surface area contributed by atoms with Crippen molar-refractivity contribution < 1.29 is 18.3 Å². The summed E-state index contributed by atoms with van der Waals surface area (Å²) in [7, 11) is 0. The second-order valence-electron chi connectivity index (χ2n) is 3.62. The van der Waals surface area contributed by atoms with E-state index in [4.69, 9.17) is 9.47 Å². The Balaban J connectivity index is 2.05. The molecule has 0 saturated carbocycles. The Kier molecular flexibility index (Phi) is 3.89. The Morgan fingerprint density at radius 1 is 1.44 bits per heavy atom. The highest BCUT2D eigenvalue weighted by Crippen LogP contribution is 2.23. The third-order valence-corrected chi connectivity index (χ3v) is 3.10. The molecule has 1 saturated heterocycles. The van der Waals surface area contributed by atoms with E-state index in [-0.39, 0.29) is 22.7 Å². The molecule has 1 atom stereocenters. The van der Waals surface area contributed by atoms with Crippen molar-refractivity contribution in [3.63, 3.8) is 0 Å². The van der Waals surface area contributed by atoms with Crippen LogP contribution in [0.25, 0.3) is 0 Å². The van der Waals surface area contributed by atoms with Gasteiger partial charge in [-0.05, 0) is 34.5 Å². The molecule has 1 aromatic carbocycles. The number of hydrogen-bond donors (Lipinski definition) is 0. The SMILES string of the molecule is Fc1ccc(Br)c(F)c1COC1CCOC1. The van der Waals surface area contributed by atoms with Crippen molar-refractivity contribution in [1.82, 2.24) is 0 Å². The average molecular weight is 293 g/mol. The van der Waals surface area contributed by atoms with Gasteiger partial charge in [0.1, 0.15) is 11.6 Å². The van der Waals surface area contributed by atoms with Crippen LogP contribution in [0, 0.1) is 11.6 Å². The molecule has 0 bridgehead atoms. The zero-order valence-corrected chi connectivity index (χ0v) is 10.1. The highest BCUT2D eigenvalue weighted by molar-refractivity contribution is 9.10. The van der Waals surface area contributed by atoms with E-state index in [1.54, 1.807) is 0 Å². The van der Waals surface area contributed by atoms with Gasteiger partial charge in [-0.2, -0.15) is 0 Å². The van der Waals surface area contributed by atoms with Crippen molar-refractivity contribution in [2.75, 3.05) is 13.2 Å². The fraction of sp³-hybridized carbons (Fsp3) is 0.455. The van der Waals surface area contributed by atoms with Crippen LogP contribution in [0.5, 0.6) is 0 Å². The Morgan fingerprint density at radius 3 is 2.94 bits per heavy atom. The number of hydrogen-bond acceptors (Lipinski definition) is 2. The average Bonchev–Trinajstić information content (AvgIpc) is 2.77. The highest BCUT2D eigenvalue weighted by atomic mass is 79.9. The minimum absolute atomic E-state index is 0.0405. The van der Waals surface area contributed by atoms with Crippen molar-refractivity contribution in [3.05, 3.63) is 33.8 Å². The highest BCUT2D eigenvalue weighted by Gasteiger charge is 2.19. The molecule has 0 aromatic heterocycles. The molecule has 2 rings (SSSR count). The molecule has 5 heteroatoms. The topological polar surface area (TPSA) is 18.5 Å². The molecule has 1 aromatic rings. The Bertz CT molecular complexity index is 378. The maximum absolute atomic E-state index is 13.5. The first kappa shape index (κ1) is 12.0. The third-order valence-electron chi connectivity index (χ3n) is 2.49. The quantitative estimate of drug-likeness (QED) is 0.798. The predicted molar refractivity (Wildman–Crippen MR) is 58.1 cm³/mol. The standard InChI is InChI=1S/C11H11BrF2O2/c12-9-1-2-10(13)8(11(9)14)6-16-7-3-4-15-5-7/h1-2,7H,3-6H2. The normalized spacial score (nSPS) is 20.3. The van der Waals surface area contributed by atoms with Crippen LogP contribution in [0.3, 0.4) is 0 Å². The molecule has 1 aliphatic heterocycles.